The van der Waals surface area contributed by atoms with E-state index in [0.717, 1.165) is 42.8 Å². The van der Waals surface area contributed by atoms with Gasteiger partial charge in [-0.1, -0.05) is 24.3 Å². The van der Waals surface area contributed by atoms with Gasteiger partial charge in [-0.2, -0.15) is 0 Å². The molecule has 1 amide bonds. The Morgan fingerprint density at radius 3 is 2.93 bits per heavy atom. The molecule has 0 bridgehead atoms. The molecule has 4 rings (SSSR count). The van der Waals surface area contributed by atoms with Crippen LogP contribution in [-0.2, 0) is 14.3 Å². The highest BCUT2D eigenvalue weighted by molar-refractivity contribution is 6.08. The number of aliphatic imine (C=N–C) groups is 1. The third-order valence-electron chi connectivity index (χ3n) is 4.75. The highest BCUT2D eigenvalue weighted by atomic mass is 16.7. The average Bonchev–Trinajstić information content (AvgIpc) is 2.90. The van der Waals surface area contributed by atoms with Crippen LogP contribution in [0.15, 0.2) is 53.5 Å². The van der Waals surface area contributed by atoms with E-state index in [0.29, 0.717) is 19.0 Å². The van der Waals surface area contributed by atoms with E-state index in [1.165, 1.54) is 0 Å². The summed E-state index contributed by atoms with van der Waals surface area (Å²) in [5.41, 5.74) is 2.50. The van der Waals surface area contributed by atoms with Crippen LogP contribution in [0, 0.1) is 0 Å². The molecule has 146 valence electrons. The molecule has 1 saturated heterocycles. The van der Waals surface area contributed by atoms with Crippen molar-refractivity contribution in [2.45, 2.75) is 25.6 Å². The van der Waals surface area contributed by atoms with Crippen molar-refractivity contribution < 1.29 is 19.0 Å². The molecule has 1 atom stereocenters. The van der Waals surface area contributed by atoms with Crippen molar-refractivity contribution in [3.8, 4) is 5.75 Å². The maximum absolute atomic E-state index is 12.7. The van der Waals surface area contributed by atoms with Crippen molar-refractivity contribution in [2.75, 3.05) is 31.3 Å². The van der Waals surface area contributed by atoms with E-state index < -0.39 is 0 Å². The molecule has 2 aliphatic rings. The first-order chi connectivity index (χ1) is 13.8. The normalized spacial score (nSPS) is 19.2. The number of benzene rings is 2. The number of benzodiazepines with no additional fused rings is 1. The molecule has 0 saturated carbocycles. The van der Waals surface area contributed by atoms with Crippen LogP contribution in [0.2, 0.25) is 0 Å². The van der Waals surface area contributed by atoms with Gasteiger partial charge < -0.3 is 14.2 Å². The third kappa shape index (κ3) is 4.40. The van der Waals surface area contributed by atoms with E-state index in [1.807, 2.05) is 48.5 Å². The van der Waals surface area contributed by atoms with Crippen LogP contribution in [0.4, 0.5) is 11.4 Å². The molecule has 0 spiro atoms. The Morgan fingerprint density at radius 1 is 1.11 bits per heavy atom. The van der Waals surface area contributed by atoms with Gasteiger partial charge in [-0.05, 0) is 37.5 Å². The predicted octanol–water partition coefficient (Wildman–Crippen LogP) is 3.71. The molecule has 28 heavy (non-hydrogen) atoms. The minimum Gasteiger partial charge on any atom is -0.491 e. The summed E-state index contributed by atoms with van der Waals surface area (Å²) in [6.45, 7) is 1.78. The number of carbonyl (C=O) groups excluding carboxylic acids is 1. The second-order valence-corrected chi connectivity index (χ2v) is 6.77. The van der Waals surface area contributed by atoms with Crippen molar-refractivity contribution in [1.29, 1.82) is 0 Å². The summed E-state index contributed by atoms with van der Waals surface area (Å²) in [6, 6.07) is 15.3. The van der Waals surface area contributed by atoms with Crippen molar-refractivity contribution in [1.82, 2.24) is 0 Å². The van der Waals surface area contributed by atoms with Crippen molar-refractivity contribution >= 4 is 23.5 Å². The maximum atomic E-state index is 12.7. The summed E-state index contributed by atoms with van der Waals surface area (Å²) in [7, 11) is 0. The van der Waals surface area contributed by atoms with Crippen LogP contribution < -0.4 is 9.64 Å². The molecule has 0 N–H and O–H groups in total. The Morgan fingerprint density at radius 2 is 2.04 bits per heavy atom. The molecule has 6 nitrogen and oxygen atoms in total. The predicted molar refractivity (Wildman–Crippen MR) is 108 cm³/mol. The Balaban J connectivity index is 1.42. The zero-order valence-electron chi connectivity index (χ0n) is 15.8. The molecule has 6 heteroatoms. The second-order valence-electron chi connectivity index (χ2n) is 6.77. The molecule has 2 aromatic rings. The van der Waals surface area contributed by atoms with Crippen LogP contribution in [0.3, 0.4) is 0 Å². The van der Waals surface area contributed by atoms with Gasteiger partial charge in [-0.25, -0.2) is 0 Å². The molecule has 0 aromatic heterocycles. The Labute approximate surface area is 164 Å². The van der Waals surface area contributed by atoms with E-state index in [9.17, 15) is 4.79 Å². The third-order valence-corrected chi connectivity index (χ3v) is 4.75. The van der Waals surface area contributed by atoms with Crippen LogP contribution in [0.5, 0.6) is 5.75 Å². The zero-order chi connectivity index (χ0) is 19.2. The first kappa shape index (κ1) is 18.7. The van der Waals surface area contributed by atoms with Crippen LogP contribution in [-0.4, -0.2) is 44.8 Å². The second kappa shape index (κ2) is 8.99. The zero-order valence-corrected chi connectivity index (χ0v) is 15.8. The lowest BCUT2D eigenvalue weighted by atomic mass is 10.1. The Kier molecular flexibility index (Phi) is 5.99. The highest BCUT2D eigenvalue weighted by Crippen LogP contribution is 2.31. The summed E-state index contributed by atoms with van der Waals surface area (Å²) in [6.07, 6.45) is 4.82. The lowest BCUT2D eigenvalue weighted by Gasteiger charge is -2.23. The molecule has 0 aliphatic carbocycles. The fourth-order valence-corrected chi connectivity index (χ4v) is 3.40. The lowest BCUT2D eigenvalue weighted by Crippen LogP contribution is -2.27. The molecule has 2 aliphatic heterocycles. The molecular formula is C22H24N2O4. The summed E-state index contributed by atoms with van der Waals surface area (Å²) in [5, 5.41) is 0. The van der Waals surface area contributed by atoms with Gasteiger partial charge in [-0.15, -0.1) is 0 Å². The summed E-state index contributed by atoms with van der Waals surface area (Å²) < 4.78 is 17.1. The van der Waals surface area contributed by atoms with Crippen molar-refractivity contribution in [3.05, 3.63) is 54.1 Å². The molecule has 2 aromatic carbocycles. The lowest BCUT2D eigenvalue weighted by molar-refractivity contribution is -0.165. The van der Waals surface area contributed by atoms with Gasteiger partial charge in [0.1, 0.15) is 18.9 Å². The number of anilines is 2. The van der Waals surface area contributed by atoms with Gasteiger partial charge in [0, 0.05) is 24.5 Å². The fourth-order valence-electron chi connectivity index (χ4n) is 3.40. The van der Waals surface area contributed by atoms with Gasteiger partial charge in [0.05, 0.1) is 18.0 Å². The topological polar surface area (TPSA) is 60.4 Å². The first-order valence-electron chi connectivity index (χ1n) is 9.69. The maximum Gasteiger partial charge on any atom is 0.253 e. The summed E-state index contributed by atoms with van der Waals surface area (Å²) >= 11 is 0. The molecule has 0 radical (unpaired) electrons. The van der Waals surface area contributed by atoms with Gasteiger partial charge in [0.15, 0.2) is 6.29 Å². The minimum absolute atomic E-state index is 0.0730. The van der Waals surface area contributed by atoms with Crippen molar-refractivity contribution in [2.24, 2.45) is 4.99 Å². The van der Waals surface area contributed by atoms with Crippen LogP contribution in [0.25, 0.3) is 0 Å². The fraction of sp³-hybridized carbons (Fsp3) is 0.364. The summed E-state index contributed by atoms with van der Waals surface area (Å²) in [4.78, 5) is 18.6. The first-order valence-corrected chi connectivity index (χ1v) is 9.69. The van der Waals surface area contributed by atoms with Crippen molar-refractivity contribution in [3.63, 3.8) is 0 Å². The monoisotopic (exact) mass is 380 g/mol. The number of carbonyl (C=O) groups is 1. The van der Waals surface area contributed by atoms with E-state index >= 15 is 0 Å². The largest absolute Gasteiger partial charge is 0.491 e. The van der Waals surface area contributed by atoms with Gasteiger partial charge in [-0.3, -0.25) is 14.7 Å². The van der Waals surface area contributed by atoms with E-state index in [-0.39, 0.29) is 18.7 Å². The smallest absolute Gasteiger partial charge is 0.253 e. The quantitative estimate of drug-likeness (QED) is 0.717. The summed E-state index contributed by atoms with van der Waals surface area (Å²) in [5.74, 6) is 0.622. The SMILES string of the molecule is O=C1CN=Cc2ccccc2N1c1cccc(OCCOC2CCCCO2)c1. The average molecular weight is 380 g/mol. The van der Waals surface area contributed by atoms with E-state index in [2.05, 4.69) is 4.99 Å². The van der Waals surface area contributed by atoms with Gasteiger partial charge in [0.25, 0.3) is 5.91 Å². The van der Waals surface area contributed by atoms with E-state index in [4.69, 9.17) is 14.2 Å². The molecule has 2 heterocycles. The standard InChI is InChI=1S/C22H24N2O4/c25-21-16-23-15-17-6-1-2-9-20(17)24(21)18-7-5-8-19(14-18)26-12-13-28-22-10-3-4-11-27-22/h1-2,5-9,14-15,22H,3-4,10-13,16H2. The minimum atomic E-state index is -0.116. The molecule has 1 fully saturated rings. The number of ether oxygens (including phenoxy) is 3. The number of rotatable bonds is 6. The number of hydrogen-bond donors (Lipinski definition) is 0. The van der Waals surface area contributed by atoms with Gasteiger partial charge >= 0.3 is 0 Å². The molecule has 1 unspecified atom stereocenters. The number of amides is 1. The van der Waals surface area contributed by atoms with E-state index in [1.54, 1.807) is 11.1 Å². The number of hydrogen-bond acceptors (Lipinski definition) is 5. The van der Waals surface area contributed by atoms with Crippen LogP contribution in [0.1, 0.15) is 24.8 Å². The molecular weight excluding hydrogens is 356 g/mol. The Bertz CT molecular complexity index is 846. The number of nitrogens with zero attached hydrogens (tertiary/aromatic N) is 2. The number of fused-ring (bicyclic) bond motifs is 1. The number of para-hydroxylation sites is 1. The Hall–Kier alpha value is -2.70. The van der Waals surface area contributed by atoms with Gasteiger partial charge in [0.2, 0.25) is 0 Å². The highest BCUT2D eigenvalue weighted by Gasteiger charge is 2.22. The van der Waals surface area contributed by atoms with Crippen LogP contribution >= 0.6 is 0 Å².